The average molecular weight is 451 g/mol. The molecule has 0 spiro atoms. The van der Waals surface area contributed by atoms with Crippen molar-refractivity contribution in [1.82, 2.24) is 10.3 Å². The molecular weight excluding hydrogens is 436 g/mol. The number of rotatable bonds is 6. The number of benzene rings is 1. The largest absolute Gasteiger partial charge is 0.463 e. The summed E-state index contributed by atoms with van der Waals surface area (Å²) in [6, 6.07) is 5.38. The fourth-order valence-electron chi connectivity index (χ4n) is 2.71. The summed E-state index contributed by atoms with van der Waals surface area (Å²) in [6.07, 6.45) is 1.64. The van der Waals surface area contributed by atoms with Crippen molar-refractivity contribution in [3.8, 4) is 0 Å². The molecule has 0 amide bonds. The number of aliphatic imine (C=N–C) groups is 1. The molecule has 2 heterocycles. The Hall–Kier alpha value is -2.59. The van der Waals surface area contributed by atoms with E-state index in [2.05, 4.69) is 31.2 Å². The van der Waals surface area contributed by atoms with Crippen molar-refractivity contribution in [2.75, 3.05) is 11.9 Å². The molecule has 0 saturated heterocycles. The summed E-state index contributed by atoms with van der Waals surface area (Å²) in [5.74, 6) is -0.111. The number of carbonyl (C=O) groups excluding carboxylic acids is 1. The van der Waals surface area contributed by atoms with Gasteiger partial charge < -0.3 is 10.1 Å². The SMILES string of the molecule is CCOC(=O)C1=C(CBr)NC(c2nccs2)=NC1c1ccccc1[N+](=O)[O-]. The van der Waals surface area contributed by atoms with Crippen LogP contribution in [0.2, 0.25) is 0 Å². The number of para-hydroxylation sites is 1. The van der Waals surface area contributed by atoms with Crippen molar-refractivity contribution >= 4 is 44.8 Å². The molecule has 0 fully saturated rings. The standard InChI is InChI=1S/C17H15BrN4O4S/c1-2-26-17(23)13-11(9-18)20-15(16-19-7-8-27-16)21-14(13)10-5-3-4-6-12(10)22(24)25/h3-8,14H,2,9H2,1H3,(H,20,21). The number of nitrogens with zero attached hydrogens (tertiary/aromatic N) is 3. The highest BCUT2D eigenvalue weighted by Crippen LogP contribution is 2.37. The minimum Gasteiger partial charge on any atom is -0.463 e. The van der Waals surface area contributed by atoms with Gasteiger partial charge in [-0.15, -0.1) is 11.3 Å². The van der Waals surface area contributed by atoms with Crippen molar-refractivity contribution < 1.29 is 14.5 Å². The first kappa shape index (κ1) is 19.2. The number of nitrogens with one attached hydrogen (secondary N) is 1. The van der Waals surface area contributed by atoms with E-state index in [9.17, 15) is 14.9 Å². The molecule has 3 rings (SSSR count). The number of allylic oxidation sites excluding steroid dienone is 1. The second-order valence-corrected chi connectivity index (χ2v) is 6.86. The molecule has 1 aliphatic rings. The normalized spacial score (nSPS) is 16.5. The molecule has 1 aliphatic heterocycles. The van der Waals surface area contributed by atoms with Gasteiger partial charge in [-0.1, -0.05) is 28.1 Å². The van der Waals surface area contributed by atoms with Crippen LogP contribution < -0.4 is 5.32 Å². The van der Waals surface area contributed by atoms with Crippen LogP contribution in [0.25, 0.3) is 0 Å². The van der Waals surface area contributed by atoms with Gasteiger partial charge in [-0.2, -0.15) is 0 Å². The van der Waals surface area contributed by atoms with Crippen LogP contribution in [0.4, 0.5) is 5.69 Å². The van der Waals surface area contributed by atoms with Crippen molar-refractivity contribution in [3.63, 3.8) is 0 Å². The number of halogens is 1. The lowest BCUT2D eigenvalue weighted by molar-refractivity contribution is -0.385. The minimum atomic E-state index is -0.877. The van der Waals surface area contributed by atoms with Crippen molar-refractivity contribution in [2.45, 2.75) is 13.0 Å². The molecule has 10 heteroatoms. The van der Waals surface area contributed by atoms with Gasteiger partial charge in [-0.25, -0.2) is 9.78 Å². The summed E-state index contributed by atoms with van der Waals surface area (Å²) < 4.78 is 5.18. The summed E-state index contributed by atoms with van der Waals surface area (Å²) in [7, 11) is 0. The van der Waals surface area contributed by atoms with Crippen LogP contribution in [-0.2, 0) is 9.53 Å². The van der Waals surface area contributed by atoms with Crippen molar-refractivity contribution in [1.29, 1.82) is 0 Å². The van der Waals surface area contributed by atoms with Gasteiger partial charge in [0, 0.05) is 28.7 Å². The Morgan fingerprint density at radius 3 is 2.85 bits per heavy atom. The predicted molar refractivity (Wildman–Crippen MR) is 105 cm³/mol. The van der Waals surface area contributed by atoms with E-state index in [4.69, 9.17) is 4.74 Å². The predicted octanol–water partition coefficient (Wildman–Crippen LogP) is 3.35. The zero-order valence-electron chi connectivity index (χ0n) is 14.2. The number of nitro benzene ring substituents is 1. The maximum Gasteiger partial charge on any atom is 0.338 e. The van der Waals surface area contributed by atoms with Crippen LogP contribution in [-0.4, -0.2) is 33.6 Å². The number of aromatic nitrogens is 1. The van der Waals surface area contributed by atoms with Gasteiger partial charge in [0.15, 0.2) is 10.8 Å². The number of ether oxygens (including phenoxy) is 1. The molecule has 0 saturated carbocycles. The van der Waals surface area contributed by atoms with E-state index in [1.165, 1.54) is 17.4 Å². The summed E-state index contributed by atoms with van der Waals surface area (Å²) >= 11 is 4.75. The number of esters is 1. The third-order valence-corrected chi connectivity index (χ3v) is 5.16. The van der Waals surface area contributed by atoms with E-state index in [-0.39, 0.29) is 17.9 Å². The summed E-state index contributed by atoms with van der Waals surface area (Å²) in [4.78, 5) is 32.5. The first-order chi connectivity index (χ1) is 13.1. The van der Waals surface area contributed by atoms with E-state index in [1.54, 1.807) is 36.7 Å². The van der Waals surface area contributed by atoms with E-state index < -0.39 is 16.9 Å². The summed E-state index contributed by atoms with van der Waals surface area (Å²) in [5.41, 5.74) is 0.988. The van der Waals surface area contributed by atoms with Crippen LogP contribution in [0.1, 0.15) is 23.5 Å². The Balaban J connectivity index is 2.19. The molecule has 0 bridgehead atoms. The zero-order valence-corrected chi connectivity index (χ0v) is 16.6. The van der Waals surface area contributed by atoms with E-state index in [0.717, 1.165) is 0 Å². The van der Waals surface area contributed by atoms with Gasteiger partial charge >= 0.3 is 5.97 Å². The van der Waals surface area contributed by atoms with E-state index in [1.807, 2.05) is 0 Å². The van der Waals surface area contributed by atoms with E-state index in [0.29, 0.717) is 27.4 Å². The Morgan fingerprint density at radius 2 is 2.22 bits per heavy atom. The Morgan fingerprint density at radius 1 is 1.44 bits per heavy atom. The van der Waals surface area contributed by atoms with Gasteiger partial charge in [0.2, 0.25) is 0 Å². The number of carbonyl (C=O) groups is 1. The number of nitro groups is 1. The lowest BCUT2D eigenvalue weighted by Gasteiger charge is -2.26. The van der Waals surface area contributed by atoms with Crippen molar-refractivity contribution in [2.24, 2.45) is 4.99 Å². The van der Waals surface area contributed by atoms with Crippen LogP contribution in [0.3, 0.4) is 0 Å². The van der Waals surface area contributed by atoms with Crippen LogP contribution in [0.5, 0.6) is 0 Å². The Bertz CT molecular complexity index is 927. The highest BCUT2D eigenvalue weighted by molar-refractivity contribution is 9.09. The fraction of sp³-hybridized carbons (Fsp3) is 0.235. The molecule has 1 N–H and O–H groups in total. The number of hydrogen-bond donors (Lipinski definition) is 1. The second kappa shape index (κ2) is 8.40. The van der Waals surface area contributed by atoms with Gasteiger partial charge in [-0.05, 0) is 13.0 Å². The quantitative estimate of drug-likeness (QED) is 0.313. The maximum absolute atomic E-state index is 12.6. The lowest BCUT2D eigenvalue weighted by atomic mass is 9.94. The summed E-state index contributed by atoms with van der Waals surface area (Å²) in [5, 5.41) is 17.4. The summed E-state index contributed by atoms with van der Waals surface area (Å²) in [6.45, 7) is 1.89. The third-order valence-electron chi connectivity index (χ3n) is 3.82. The average Bonchev–Trinajstić information content (AvgIpc) is 3.21. The number of amidine groups is 1. The maximum atomic E-state index is 12.6. The van der Waals surface area contributed by atoms with Gasteiger partial charge in [0.25, 0.3) is 5.69 Å². The lowest BCUT2D eigenvalue weighted by Crippen LogP contribution is -2.34. The molecule has 1 aromatic carbocycles. The van der Waals surface area contributed by atoms with Gasteiger partial charge in [0.05, 0.1) is 22.7 Å². The molecule has 27 heavy (non-hydrogen) atoms. The second-order valence-electron chi connectivity index (χ2n) is 5.40. The highest BCUT2D eigenvalue weighted by Gasteiger charge is 2.35. The van der Waals surface area contributed by atoms with Crippen LogP contribution in [0, 0.1) is 10.1 Å². The van der Waals surface area contributed by atoms with Crippen molar-refractivity contribution in [3.05, 3.63) is 67.8 Å². The third kappa shape index (κ3) is 3.91. The van der Waals surface area contributed by atoms with Gasteiger partial charge in [0.1, 0.15) is 6.04 Å². The van der Waals surface area contributed by atoms with Gasteiger partial charge in [-0.3, -0.25) is 15.1 Å². The molecular formula is C17H15BrN4O4S. The molecule has 1 unspecified atom stereocenters. The number of hydrogen-bond acceptors (Lipinski definition) is 8. The monoisotopic (exact) mass is 450 g/mol. The first-order valence-corrected chi connectivity index (χ1v) is 10.0. The van der Waals surface area contributed by atoms with E-state index >= 15 is 0 Å². The molecule has 1 atom stereocenters. The molecule has 1 aromatic heterocycles. The number of alkyl halides is 1. The highest BCUT2D eigenvalue weighted by atomic mass is 79.9. The smallest absolute Gasteiger partial charge is 0.338 e. The molecule has 140 valence electrons. The molecule has 2 aromatic rings. The number of thiazole rings is 1. The fourth-order valence-corrected chi connectivity index (χ4v) is 3.74. The topological polar surface area (TPSA) is 107 Å². The molecule has 0 radical (unpaired) electrons. The van der Waals surface area contributed by atoms with Crippen LogP contribution in [0.15, 0.2) is 52.1 Å². The zero-order chi connectivity index (χ0) is 19.4. The molecule has 0 aliphatic carbocycles. The first-order valence-electron chi connectivity index (χ1n) is 8.01. The Kier molecular flexibility index (Phi) is 5.97. The van der Waals surface area contributed by atoms with Crippen LogP contribution >= 0.6 is 27.3 Å². The Labute approximate surface area is 167 Å². The minimum absolute atomic E-state index is 0.109. The molecule has 8 nitrogen and oxygen atoms in total.